The van der Waals surface area contributed by atoms with Crippen LogP contribution in [0.1, 0.15) is 16.1 Å². The minimum absolute atomic E-state index is 0.0259. The molecule has 0 spiro atoms. The number of hydrogen-bond donors (Lipinski definition) is 0. The number of anilines is 1. The summed E-state index contributed by atoms with van der Waals surface area (Å²) in [4.78, 5) is 35.0. The van der Waals surface area contributed by atoms with Crippen LogP contribution in [0.5, 0.6) is 0 Å². The van der Waals surface area contributed by atoms with Gasteiger partial charge in [0.05, 0.1) is 12.2 Å². The van der Waals surface area contributed by atoms with Gasteiger partial charge in [0.15, 0.2) is 0 Å². The lowest BCUT2D eigenvalue weighted by Gasteiger charge is -2.34. The molecular formula is C22H23N5O3. The number of cyclic esters (lactones) is 1. The maximum Gasteiger partial charge on any atom is 0.414 e. The third-order valence-electron chi connectivity index (χ3n) is 5.65. The summed E-state index contributed by atoms with van der Waals surface area (Å²) >= 11 is 0. The molecule has 0 saturated carbocycles. The second-order valence-electron chi connectivity index (χ2n) is 7.58. The van der Waals surface area contributed by atoms with E-state index in [1.54, 1.807) is 29.2 Å². The van der Waals surface area contributed by atoms with Crippen molar-refractivity contribution in [2.24, 2.45) is 0 Å². The Kier molecular flexibility index (Phi) is 4.84. The van der Waals surface area contributed by atoms with E-state index >= 15 is 0 Å². The van der Waals surface area contributed by atoms with Gasteiger partial charge in [0, 0.05) is 56.4 Å². The van der Waals surface area contributed by atoms with Crippen LogP contribution in [0.4, 0.5) is 10.5 Å². The quantitative estimate of drug-likeness (QED) is 0.666. The summed E-state index contributed by atoms with van der Waals surface area (Å²) in [5.41, 5.74) is 3.38. The predicted octanol–water partition coefficient (Wildman–Crippen LogP) is 2.25. The molecule has 2 aliphatic rings. The molecule has 1 aromatic carbocycles. The van der Waals surface area contributed by atoms with Crippen LogP contribution in [0, 0.1) is 0 Å². The molecule has 0 bridgehead atoms. The Bertz CT molecular complexity index is 1040. The molecule has 0 aliphatic carbocycles. The molecule has 2 aromatic heterocycles. The smallest absolute Gasteiger partial charge is 0.414 e. The maximum atomic E-state index is 12.9. The molecule has 2 fully saturated rings. The van der Waals surface area contributed by atoms with E-state index in [9.17, 15) is 9.59 Å². The number of ether oxygens (including phenoxy) is 1. The average Bonchev–Trinajstić information content (AvgIpc) is 3.39. The van der Waals surface area contributed by atoms with Crippen LogP contribution in [0.15, 0.2) is 54.9 Å². The second kappa shape index (κ2) is 7.79. The minimum Gasteiger partial charge on any atom is -0.447 e. The molecule has 2 saturated heterocycles. The zero-order valence-electron chi connectivity index (χ0n) is 16.6. The van der Waals surface area contributed by atoms with Gasteiger partial charge in [0.1, 0.15) is 12.3 Å². The molecule has 2 aliphatic heterocycles. The summed E-state index contributed by atoms with van der Waals surface area (Å²) in [7, 11) is 0. The molecule has 5 rings (SSSR count). The van der Waals surface area contributed by atoms with Crippen molar-refractivity contribution in [1.29, 1.82) is 0 Å². The molecule has 0 radical (unpaired) electrons. The van der Waals surface area contributed by atoms with Gasteiger partial charge in [0.25, 0.3) is 5.91 Å². The molecule has 8 heteroatoms. The first-order valence-electron chi connectivity index (χ1n) is 10.2. The Morgan fingerprint density at radius 2 is 1.80 bits per heavy atom. The second-order valence-corrected chi connectivity index (χ2v) is 7.58. The zero-order chi connectivity index (χ0) is 20.5. The Labute approximate surface area is 174 Å². The van der Waals surface area contributed by atoms with Crippen molar-refractivity contribution in [3.8, 4) is 0 Å². The van der Waals surface area contributed by atoms with Crippen LogP contribution in [-0.2, 0) is 11.3 Å². The third-order valence-corrected chi connectivity index (χ3v) is 5.65. The molecule has 8 nitrogen and oxygen atoms in total. The number of hydrogen-bond acceptors (Lipinski definition) is 5. The van der Waals surface area contributed by atoms with E-state index < -0.39 is 0 Å². The van der Waals surface area contributed by atoms with Gasteiger partial charge in [-0.1, -0.05) is 6.07 Å². The number of pyridine rings is 1. The van der Waals surface area contributed by atoms with Gasteiger partial charge in [-0.2, -0.15) is 0 Å². The lowest BCUT2D eigenvalue weighted by Crippen LogP contribution is -2.48. The van der Waals surface area contributed by atoms with Crippen LogP contribution in [0.25, 0.3) is 5.65 Å². The van der Waals surface area contributed by atoms with E-state index in [4.69, 9.17) is 4.74 Å². The van der Waals surface area contributed by atoms with Crippen LogP contribution < -0.4 is 4.90 Å². The highest BCUT2D eigenvalue weighted by molar-refractivity contribution is 5.95. The largest absolute Gasteiger partial charge is 0.447 e. The Morgan fingerprint density at radius 3 is 2.50 bits per heavy atom. The van der Waals surface area contributed by atoms with Crippen LogP contribution in [0.3, 0.4) is 0 Å². The van der Waals surface area contributed by atoms with Crippen molar-refractivity contribution in [3.63, 3.8) is 0 Å². The first-order valence-corrected chi connectivity index (χ1v) is 10.2. The molecule has 154 valence electrons. The highest BCUT2D eigenvalue weighted by Gasteiger charge is 2.25. The Hall–Kier alpha value is -3.39. The number of benzene rings is 1. The van der Waals surface area contributed by atoms with Crippen molar-refractivity contribution in [1.82, 2.24) is 19.2 Å². The number of amides is 2. The molecule has 30 heavy (non-hydrogen) atoms. The van der Waals surface area contributed by atoms with Crippen molar-refractivity contribution in [3.05, 3.63) is 66.1 Å². The minimum atomic E-state index is -0.337. The lowest BCUT2D eigenvalue weighted by atomic mass is 10.1. The topological polar surface area (TPSA) is 70.4 Å². The number of aromatic nitrogens is 2. The molecule has 0 unspecified atom stereocenters. The number of imidazole rings is 1. The van der Waals surface area contributed by atoms with E-state index in [-0.39, 0.29) is 12.0 Å². The number of piperazine rings is 1. The number of nitrogens with zero attached hydrogens (tertiary/aromatic N) is 5. The van der Waals surface area contributed by atoms with E-state index in [1.807, 2.05) is 33.7 Å². The first-order chi connectivity index (χ1) is 14.7. The van der Waals surface area contributed by atoms with Gasteiger partial charge in [0.2, 0.25) is 0 Å². The molecular weight excluding hydrogens is 382 g/mol. The maximum absolute atomic E-state index is 12.9. The summed E-state index contributed by atoms with van der Waals surface area (Å²) < 4.78 is 6.99. The molecule has 0 atom stereocenters. The van der Waals surface area contributed by atoms with E-state index in [0.717, 1.165) is 36.7 Å². The standard InChI is InChI=1S/C22H23N5O3/c28-21(17-4-6-19(7-5-17)27-13-14-30-22(27)29)25-11-9-24(10-12-25)15-18-16-26-8-2-1-3-20(26)23-18/h1-8,16H,9-15H2. The number of rotatable bonds is 4. The summed E-state index contributed by atoms with van der Waals surface area (Å²) in [6.45, 7) is 4.73. The summed E-state index contributed by atoms with van der Waals surface area (Å²) in [5, 5.41) is 0. The monoisotopic (exact) mass is 405 g/mol. The van der Waals surface area contributed by atoms with Crippen LogP contribution in [-0.4, -0.2) is 70.5 Å². The molecule has 2 amide bonds. The molecule has 4 heterocycles. The summed E-state index contributed by atoms with van der Waals surface area (Å²) in [5.74, 6) is 0.0259. The number of fused-ring (bicyclic) bond motifs is 1. The summed E-state index contributed by atoms with van der Waals surface area (Å²) in [6, 6.07) is 13.2. The third kappa shape index (κ3) is 3.61. The number of carbonyl (C=O) groups is 2. The van der Waals surface area contributed by atoms with Gasteiger partial charge < -0.3 is 14.0 Å². The van der Waals surface area contributed by atoms with E-state index in [2.05, 4.69) is 16.1 Å². The van der Waals surface area contributed by atoms with Crippen LogP contribution in [0.2, 0.25) is 0 Å². The fourth-order valence-corrected chi connectivity index (χ4v) is 4.00. The van der Waals surface area contributed by atoms with Gasteiger partial charge in [-0.05, 0) is 36.4 Å². The van der Waals surface area contributed by atoms with Gasteiger partial charge in [-0.15, -0.1) is 0 Å². The fraction of sp³-hybridized carbons (Fsp3) is 0.318. The Morgan fingerprint density at radius 1 is 1.00 bits per heavy atom. The Balaban J connectivity index is 1.18. The lowest BCUT2D eigenvalue weighted by molar-refractivity contribution is 0.0627. The highest BCUT2D eigenvalue weighted by Crippen LogP contribution is 2.20. The first kappa shape index (κ1) is 18.6. The highest BCUT2D eigenvalue weighted by atomic mass is 16.6. The normalized spacial score (nSPS) is 17.5. The zero-order valence-corrected chi connectivity index (χ0v) is 16.6. The fourth-order valence-electron chi connectivity index (χ4n) is 4.00. The van der Waals surface area contributed by atoms with Crippen LogP contribution >= 0.6 is 0 Å². The van der Waals surface area contributed by atoms with E-state index in [1.165, 1.54) is 0 Å². The van der Waals surface area contributed by atoms with Gasteiger partial charge in [-0.3, -0.25) is 14.6 Å². The van der Waals surface area contributed by atoms with Crippen molar-refractivity contribution in [2.75, 3.05) is 44.2 Å². The average molecular weight is 405 g/mol. The van der Waals surface area contributed by atoms with Gasteiger partial charge >= 0.3 is 6.09 Å². The van der Waals surface area contributed by atoms with E-state index in [0.29, 0.717) is 31.8 Å². The molecule has 3 aromatic rings. The SMILES string of the molecule is O=C(c1ccc(N2CCOC2=O)cc1)N1CCN(Cc2cn3ccccc3n2)CC1. The predicted molar refractivity (Wildman–Crippen MR) is 112 cm³/mol. The molecule has 0 N–H and O–H groups in total. The van der Waals surface area contributed by atoms with Crippen molar-refractivity contribution >= 4 is 23.3 Å². The van der Waals surface area contributed by atoms with Crippen molar-refractivity contribution < 1.29 is 14.3 Å². The van der Waals surface area contributed by atoms with Gasteiger partial charge in [-0.25, -0.2) is 9.78 Å². The summed E-state index contributed by atoms with van der Waals surface area (Å²) in [6.07, 6.45) is 3.72. The number of carbonyl (C=O) groups excluding carboxylic acids is 2. The van der Waals surface area contributed by atoms with Crippen molar-refractivity contribution in [2.45, 2.75) is 6.54 Å².